The van der Waals surface area contributed by atoms with Crippen LogP contribution in [-0.2, 0) is 9.53 Å². The number of carbonyl (C=O) groups is 3. The van der Waals surface area contributed by atoms with E-state index >= 15 is 0 Å². The lowest BCUT2D eigenvalue weighted by molar-refractivity contribution is -0.137. The Morgan fingerprint density at radius 1 is 1.09 bits per heavy atom. The highest BCUT2D eigenvalue weighted by Crippen LogP contribution is 2.42. The molecule has 1 aliphatic heterocycles. The van der Waals surface area contributed by atoms with Crippen LogP contribution in [0.5, 0.6) is 0 Å². The van der Waals surface area contributed by atoms with Gasteiger partial charge in [-0.2, -0.15) is 0 Å². The molecule has 1 aliphatic rings. The van der Waals surface area contributed by atoms with Crippen molar-refractivity contribution in [2.45, 2.75) is 53.0 Å². The van der Waals surface area contributed by atoms with E-state index in [1.54, 1.807) is 19.1 Å². The number of nitrogens with zero attached hydrogens (tertiary/aromatic N) is 1. The van der Waals surface area contributed by atoms with Crippen molar-refractivity contribution in [2.24, 2.45) is 11.3 Å². The number of esters is 1. The highest BCUT2D eigenvalue weighted by Gasteiger charge is 2.40. The number of nitrogens with one attached hydrogen (secondary N) is 1. The Bertz CT molecular complexity index is 1090. The standard InChI is InChI=1S/C28H35ClN2O4/c1-17(2)24(30-25(32)20-13-18(3)14-21(15-20)27(34)35-6)26(33)31-12-11-23(28(4,5)16-31)19-7-9-22(29)10-8-19/h7-10,13-15,17,23-24H,11-12,16H2,1-6H3,(H,30,32). The number of rotatable bonds is 6. The number of carbonyl (C=O) groups excluding carboxylic acids is 3. The van der Waals surface area contributed by atoms with Gasteiger partial charge in [0.25, 0.3) is 5.91 Å². The van der Waals surface area contributed by atoms with E-state index in [1.165, 1.54) is 18.7 Å². The van der Waals surface area contributed by atoms with Gasteiger partial charge in [-0.3, -0.25) is 9.59 Å². The Hall–Kier alpha value is -2.86. The van der Waals surface area contributed by atoms with Gasteiger partial charge in [-0.1, -0.05) is 51.4 Å². The SMILES string of the molecule is COC(=O)c1cc(C)cc(C(=O)NC(C(=O)N2CCC(c3ccc(Cl)cc3)C(C)(C)C2)C(C)C)c1. The second-order valence-electron chi connectivity index (χ2n) is 10.4. The van der Waals surface area contributed by atoms with Crippen molar-refractivity contribution in [3.63, 3.8) is 0 Å². The number of hydrogen-bond acceptors (Lipinski definition) is 4. The zero-order valence-electron chi connectivity index (χ0n) is 21.4. The van der Waals surface area contributed by atoms with Crippen LogP contribution in [0.1, 0.15) is 71.9 Å². The first-order valence-electron chi connectivity index (χ1n) is 12.0. The first-order chi connectivity index (χ1) is 16.4. The van der Waals surface area contributed by atoms with E-state index in [2.05, 4.69) is 31.3 Å². The molecule has 0 bridgehead atoms. The Morgan fingerprint density at radius 3 is 2.29 bits per heavy atom. The predicted molar refractivity (Wildman–Crippen MR) is 138 cm³/mol. The number of halogens is 1. The molecule has 2 aromatic rings. The summed E-state index contributed by atoms with van der Waals surface area (Å²) in [5.74, 6) is -0.781. The second-order valence-corrected chi connectivity index (χ2v) is 10.9. The maximum absolute atomic E-state index is 13.6. The van der Waals surface area contributed by atoms with Crippen molar-refractivity contribution in [3.8, 4) is 0 Å². The van der Waals surface area contributed by atoms with Gasteiger partial charge in [0.05, 0.1) is 12.7 Å². The summed E-state index contributed by atoms with van der Waals surface area (Å²) in [6.45, 7) is 11.2. The topological polar surface area (TPSA) is 75.7 Å². The lowest BCUT2D eigenvalue weighted by atomic mass is 9.70. The Kier molecular flexibility index (Phi) is 8.26. The molecule has 2 unspecified atom stereocenters. The maximum Gasteiger partial charge on any atom is 0.337 e. The molecule has 0 radical (unpaired) electrons. The summed E-state index contributed by atoms with van der Waals surface area (Å²) in [6.07, 6.45) is 0.833. The van der Waals surface area contributed by atoms with Crippen molar-refractivity contribution in [1.82, 2.24) is 10.2 Å². The van der Waals surface area contributed by atoms with Crippen LogP contribution >= 0.6 is 11.6 Å². The fraction of sp³-hybridized carbons (Fsp3) is 0.464. The molecule has 7 heteroatoms. The summed E-state index contributed by atoms with van der Waals surface area (Å²) in [6, 6.07) is 12.1. The molecule has 2 atom stereocenters. The van der Waals surface area contributed by atoms with Gasteiger partial charge in [0, 0.05) is 23.7 Å². The van der Waals surface area contributed by atoms with Gasteiger partial charge in [0.2, 0.25) is 5.91 Å². The molecule has 1 heterocycles. The van der Waals surface area contributed by atoms with E-state index in [4.69, 9.17) is 16.3 Å². The highest BCUT2D eigenvalue weighted by atomic mass is 35.5. The molecule has 1 fully saturated rings. The van der Waals surface area contributed by atoms with Crippen LogP contribution in [0.15, 0.2) is 42.5 Å². The van der Waals surface area contributed by atoms with Gasteiger partial charge < -0.3 is 15.0 Å². The molecule has 0 saturated carbocycles. The minimum Gasteiger partial charge on any atom is -0.465 e. The van der Waals surface area contributed by atoms with Crippen LogP contribution in [0.2, 0.25) is 5.02 Å². The molecule has 3 rings (SSSR count). The molecule has 0 spiro atoms. The minimum absolute atomic E-state index is 0.0863. The van der Waals surface area contributed by atoms with Gasteiger partial charge in [-0.15, -0.1) is 0 Å². The third kappa shape index (κ3) is 6.23. The number of methoxy groups -OCH3 is 1. The number of benzene rings is 2. The Balaban J connectivity index is 1.76. The van der Waals surface area contributed by atoms with Crippen molar-refractivity contribution < 1.29 is 19.1 Å². The van der Waals surface area contributed by atoms with Gasteiger partial charge in [-0.25, -0.2) is 4.79 Å². The van der Waals surface area contributed by atoms with Gasteiger partial charge in [-0.05, 0) is 72.1 Å². The largest absolute Gasteiger partial charge is 0.465 e. The lowest BCUT2D eigenvalue weighted by Crippen LogP contribution is -2.55. The zero-order valence-corrected chi connectivity index (χ0v) is 22.1. The summed E-state index contributed by atoms with van der Waals surface area (Å²) >= 11 is 6.07. The molecular formula is C28H35ClN2O4. The Morgan fingerprint density at radius 2 is 1.71 bits per heavy atom. The summed E-state index contributed by atoms with van der Waals surface area (Å²) in [7, 11) is 1.30. The van der Waals surface area contributed by atoms with Crippen molar-refractivity contribution in [2.75, 3.05) is 20.2 Å². The molecule has 35 heavy (non-hydrogen) atoms. The third-order valence-corrected chi connectivity index (χ3v) is 7.05. The molecule has 0 aliphatic carbocycles. The van der Waals surface area contributed by atoms with Gasteiger partial charge in [0.1, 0.15) is 6.04 Å². The first kappa shape index (κ1) is 26.7. The maximum atomic E-state index is 13.6. The fourth-order valence-corrected chi connectivity index (χ4v) is 5.07. The quantitative estimate of drug-likeness (QED) is 0.553. The summed E-state index contributed by atoms with van der Waals surface area (Å²) < 4.78 is 4.79. The number of likely N-dealkylation sites (tertiary alicyclic amines) is 1. The molecule has 1 N–H and O–H groups in total. The Labute approximate surface area is 213 Å². The first-order valence-corrected chi connectivity index (χ1v) is 12.4. The number of amides is 2. The summed E-state index contributed by atoms with van der Waals surface area (Å²) in [4.78, 5) is 40.5. The number of aryl methyl sites for hydroxylation is 1. The van der Waals surface area contributed by atoms with Gasteiger partial charge >= 0.3 is 5.97 Å². The number of piperidine rings is 1. The van der Waals surface area contributed by atoms with E-state index in [-0.39, 0.29) is 23.1 Å². The normalized spacial score (nSPS) is 18.2. The van der Waals surface area contributed by atoms with Crippen LogP contribution in [0, 0.1) is 18.3 Å². The van der Waals surface area contributed by atoms with Crippen molar-refractivity contribution >= 4 is 29.4 Å². The van der Waals surface area contributed by atoms with E-state index in [9.17, 15) is 14.4 Å². The molecule has 6 nitrogen and oxygen atoms in total. The zero-order chi connectivity index (χ0) is 25.9. The van der Waals surface area contributed by atoms with Crippen molar-refractivity contribution in [1.29, 1.82) is 0 Å². The molecular weight excluding hydrogens is 464 g/mol. The van der Waals surface area contributed by atoms with Crippen LogP contribution in [-0.4, -0.2) is 48.9 Å². The number of ether oxygens (including phenoxy) is 1. The molecule has 0 aromatic heterocycles. The average molecular weight is 499 g/mol. The monoisotopic (exact) mass is 498 g/mol. The van der Waals surface area contributed by atoms with Crippen molar-refractivity contribution in [3.05, 3.63) is 69.7 Å². The fourth-order valence-electron chi connectivity index (χ4n) is 4.94. The molecule has 1 saturated heterocycles. The summed E-state index contributed by atoms with van der Waals surface area (Å²) in [5, 5.41) is 3.63. The van der Waals surface area contributed by atoms with Crippen LogP contribution < -0.4 is 5.32 Å². The third-order valence-electron chi connectivity index (χ3n) is 6.79. The molecule has 188 valence electrons. The van der Waals surface area contributed by atoms with E-state index in [1.807, 2.05) is 30.9 Å². The van der Waals surface area contributed by atoms with E-state index in [0.29, 0.717) is 35.2 Å². The predicted octanol–water partition coefficient (Wildman–Crippen LogP) is 5.23. The smallest absolute Gasteiger partial charge is 0.337 e. The van der Waals surface area contributed by atoms with E-state index < -0.39 is 12.0 Å². The van der Waals surface area contributed by atoms with E-state index in [0.717, 1.165) is 12.0 Å². The lowest BCUT2D eigenvalue weighted by Gasteiger charge is -2.45. The second kappa shape index (κ2) is 10.8. The molecule has 2 aromatic carbocycles. The van der Waals surface area contributed by atoms with Crippen LogP contribution in [0.25, 0.3) is 0 Å². The van der Waals surface area contributed by atoms with Gasteiger partial charge in [0.15, 0.2) is 0 Å². The molecule has 2 amide bonds. The minimum atomic E-state index is -0.674. The number of hydrogen-bond donors (Lipinski definition) is 1. The highest BCUT2D eigenvalue weighted by molar-refractivity contribution is 6.30. The average Bonchev–Trinajstić information content (AvgIpc) is 2.80. The summed E-state index contributed by atoms with van der Waals surface area (Å²) in [5.41, 5.74) is 2.47. The van der Waals surface area contributed by atoms with Crippen LogP contribution in [0.4, 0.5) is 0 Å². The van der Waals surface area contributed by atoms with Crippen LogP contribution in [0.3, 0.4) is 0 Å².